The first-order chi connectivity index (χ1) is 13.3. The van der Waals surface area contributed by atoms with E-state index in [1.54, 1.807) is 29.0 Å². The van der Waals surface area contributed by atoms with Gasteiger partial charge in [0.15, 0.2) is 0 Å². The van der Waals surface area contributed by atoms with Gasteiger partial charge in [-0.15, -0.1) is 0 Å². The van der Waals surface area contributed by atoms with Crippen molar-refractivity contribution < 1.29 is 14.4 Å². The van der Waals surface area contributed by atoms with E-state index in [9.17, 15) is 14.7 Å². The van der Waals surface area contributed by atoms with Crippen molar-refractivity contribution in [1.82, 2.24) is 14.7 Å². The molecule has 2 heterocycles. The van der Waals surface area contributed by atoms with Gasteiger partial charge in [-0.05, 0) is 51.4 Å². The molecule has 0 unspecified atom stereocenters. The lowest BCUT2D eigenvalue weighted by molar-refractivity contribution is 0.101. The Labute approximate surface area is 174 Å². The molecule has 0 saturated heterocycles. The topological polar surface area (TPSA) is 113 Å². The summed E-state index contributed by atoms with van der Waals surface area (Å²) >= 11 is 16.3. The second-order valence-corrected chi connectivity index (χ2v) is 7.40. The number of anilines is 1. The largest absolute Gasteiger partial charge is 0.508 e. The number of H-pyrrole nitrogens is 1. The predicted octanol–water partition coefficient (Wildman–Crippen LogP) is 4.33. The molecule has 0 atom stereocenters. The minimum Gasteiger partial charge on any atom is -0.508 e. The summed E-state index contributed by atoms with van der Waals surface area (Å²) in [4.78, 5) is 25.2. The number of hydrogen-bond donors (Lipinski definition) is 3. The fourth-order valence-corrected chi connectivity index (χ4v) is 3.94. The van der Waals surface area contributed by atoms with Crippen molar-refractivity contribution in [3.63, 3.8) is 0 Å². The molecule has 0 aliphatic heterocycles. The van der Waals surface area contributed by atoms with E-state index in [4.69, 9.17) is 23.2 Å². The number of carbonyl (C=O) groups is 1. The minimum atomic E-state index is -0.840. The number of hydrogen-bond acceptors (Lipinski definition) is 5. The lowest BCUT2D eigenvalue weighted by Gasteiger charge is -2.13. The number of halogens is 3. The summed E-state index contributed by atoms with van der Waals surface area (Å²) in [6.45, 7) is 0. The van der Waals surface area contributed by atoms with Crippen molar-refractivity contribution in [1.29, 1.82) is 0 Å². The molecule has 2 aromatic carbocycles. The van der Waals surface area contributed by atoms with Crippen LogP contribution in [0.1, 0.15) is 10.6 Å². The molecule has 0 bridgehead atoms. The Morgan fingerprint density at radius 1 is 1.25 bits per heavy atom. The number of aromatic amines is 1. The third kappa shape index (κ3) is 3.28. The van der Waals surface area contributed by atoms with Crippen LogP contribution in [0.5, 0.6) is 5.75 Å². The number of carbonyl (C=O) groups excluding carboxylic acids is 1. The third-order valence-electron chi connectivity index (χ3n) is 3.91. The first-order valence-electron chi connectivity index (χ1n) is 7.70. The molecule has 1 amide bonds. The predicted molar refractivity (Wildman–Crippen MR) is 108 cm³/mol. The van der Waals surface area contributed by atoms with E-state index >= 15 is 0 Å². The van der Waals surface area contributed by atoms with Crippen molar-refractivity contribution >= 4 is 61.6 Å². The van der Waals surface area contributed by atoms with Gasteiger partial charge in [-0.3, -0.25) is 14.3 Å². The number of fused-ring (bicyclic) bond motifs is 1. The van der Waals surface area contributed by atoms with E-state index in [1.807, 2.05) is 0 Å². The standard InChI is InChI=1S/C17H9BrCl2N4O4/c18-10-6-24(13-2-1-8(25)5-9(10)13)14-11(19)3-7(4-12(14)20)21-16(26)15-22-17(27)28-23-15/h1-6,25H,(H,21,26)(H,22,23,27). The van der Waals surface area contributed by atoms with Gasteiger partial charge >= 0.3 is 5.76 Å². The highest BCUT2D eigenvalue weighted by molar-refractivity contribution is 9.10. The summed E-state index contributed by atoms with van der Waals surface area (Å²) in [5, 5.41) is 16.9. The van der Waals surface area contributed by atoms with E-state index in [0.29, 0.717) is 11.4 Å². The van der Waals surface area contributed by atoms with Gasteiger partial charge in [0.2, 0.25) is 5.82 Å². The molecular formula is C17H9BrCl2N4O4. The van der Waals surface area contributed by atoms with E-state index in [0.717, 1.165) is 15.4 Å². The molecule has 0 saturated carbocycles. The summed E-state index contributed by atoms with van der Waals surface area (Å²) in [5.74, 6) is -1.67. The Bertz CT molecular complexity index is 1270. The van der Waals surface area contributed by atoms with E-state index < -0.39 is 11.7 Å². The Morgan fingerprint density at radius 3 is 2.61 bits per heavy atom. The number of aromatic nitrogens is 3. The molecule has 0 fully saturated rings. The molecule has 0 spiro atoms. The maximum Gasteiger partial charge on any atom is 0.439 e. The third-order valence-corrected chi connectivity index (χ3v) is 5.12. The second kappa shape index (κ2) is 7.01. The minimum absolute atomic E-state index is 0.132. The molecule has 3 N–H and O–H groups in total. The van der Waals surface area contributed by atoms with Crippen LogP contribution in [-0.2, 0) is 0 Å². The average Bonchev–Trinajstić information content (AvgIpc) is 3.19. The lowest BCUT2D eigenvalue weighted by atomic mass is 10.2. The second-order valence-electron chi connectivity index (χ2n) is 5.73. The number of aromatic hydroxyl groups is 1. The molecule has 28 heavy (non-hydrogen) atoms. The monoisotopic (exact) mass is 482 g/mol. The van der Waals surface area contributed by atoms with Crippen LogP contribution in [-0.4, -0.2) is 25.7 Å². The number of phenolic OH excluding ortho intramolecular Hbond substituents is 1. The number of phenols is 1. The van der Waals surface area contributed by atoms with Gasteiger partial charge in [0.05, 0.1) is 21.2 Å². The number of nitrogens with one attached hydrogen (secondary N) is 2. The van der Waals surface area contributed by atoms with Crippen LogP contribution in [0.15, 0.2) is 50.3 Å². The highest BCUT2D eigenvalue weighted by atomic mass is 79.9. The van der Waals surface area contributed by atoms with Crippen LogP contribution in [0.3, 0.4) is 0 Å². The summed E-state index contributed by atoms with van der Waals surface area (Å²) in [6, 6.07) is 7.93. The molecule has 142 valence electrons. The number of amides is 1. The zero-order valence-electron chi connectivity index (χ0n) is 13.7. The Kier molecular flexibility index (Phi) is 4.66. The number of nitrogens with zero attached hydrogens (tertiary/aromatic N) is 2. The normalized spacial score (nSPS) is 11.1. The molecular weight excluding hydrogens is 475 g/mol. The van der Waals surface area contributed by atoms with Crippen molar-refractivity contribution in [2.24, 2.45) is 0 Å². The summed E-state index contributed by atoms with van der Waals surface area (Å²) < 4.78 is 6.82. The van der Waals surface area contributed by atoms with Gasteiger partial charge in [0.1, 0.15) is 5.75 Å². The molecule has 0 radical (unpaired) electrons. The Balaban J connectivity index is 1.74. The van der Waals surface area contributed by atoms with Crippen molar-refractivity contribution in [3.05, 3.63) is 67.4 Å². The maximum atomic E-state index is 12.1. The smallest absolute Gasteiger partial charge is 0.439 e. The van der Waals surface area contributed by atoms with Crippen molar-refractivity contribution in [2.45, 2.75) is 0 Å². The van der Waals surface area contributed by atoms with Crippen LogP contribution in [0.2, 0.25) is 10.0 Å². The van der Waals surface area contributed by atoms with Crippen molar-refractivity contribution in [3.8, 4) is 11.4 Å². The van der Waals surface area contributed by atoms with Crippen LogP contribution in [0.4, 0.5) is 5.69 Å². The zero-order chi connectivity index (χ0) is 20.0. The molecule has 4 aromatic rings. The van der Waals surface area contributed by atoms with Gasteiger partial charge in [0, 0.05) is 21.7 Å². The van der Waals surface area contributed by atoms with Crippen LogP contribution in [0, 0.1) is 0 Å². The Morgan fingerprint density at radius 2 is 1.96 bits per heavy atom. The van der Waals surface area contributed by atoms with E-state index in [-0.39, 0.29) is 21.6 Å². The highest BCUT2D eigenvalue weighted by Gasteiger charge is 2.17. The highest BCUT2D eigenvalue weighted by Crippen LogP contribution is 2.38. The van der Waals surface area contributed by atoms with Gasteiger partial charge in [0.25, 0.3) is 5.91 Å². The van der Waals surface area contributed by atoms with E-state index in [1.165, 1.54) is 12.1 Å². The average molecular weight is 484 g/mol. The zero-order valence-corrected chi connectivity index (χ0v) is 16.8. The summed E-state index contributed by atoms with van der Waals surface area (Å²) in [7, 11) is 0. The van der Waals surface area contributed by atoms with Crippen LogP contribution < -0.4 is 11.1 Å². The van der Waals surface area contributed by atoms with E-state index in [2.05, 4.69) is 35.9 Å². The Hall–Kier alpha value is -2.75. The van der Waals surface area contributed by atoms with Gasteiger partial charge < -0.3 is 15.0 Å². The fourth-order valence-electron chi connectivity index (χ4n) is 2.75. The number of benzene rings is 2. The van der Waals surface area contributed by atoms with Gasteiger partial charge in [-0.2, -0.15) is 0 Å². The number of rotatable bonds is 3. The van der Waals surface area contributed by atoms with Gasteiger partial charge in [-0.25, -0.2) is 4.79 Å². The SMILES string of the molecule is O=C(Nc1cc(Cl)c(-n2cc(Br)c3cc(O)ccc32)c(Cl)c1)c1noc(=O)[nH]1. The summed E-state index contributed by atoms with van der Waals surface area (Å²) in [6.07, 6.45) is 1.77. The summed E-state index contributed by atoms with van der Waals surface area (Å²) in [5.41, 5.74) is 1.57. The fraction of sp³-hybridized carbons (Fsp3) is 0. The first-order valence-corrected chi connectivity index (χ1v) is 9.24. The van der Waals surface area contributed by atoms with Crippen molar-refractivity contribution in [2.75, 3.05) is 5.32 Å². The molecule has 0 aliphatic carbocycles. The molecule has 8 nitrogen and oxygen atoms in total. The van der Waals surface area contributed by atoms with Gasteiger partial charge in [-0.1, -0.05) is 23.2 Å². The van der Waals surface area contributed by atoms with Crippen LogP contribution in [0.25, 0.3) is 16.6 Å². The maximum absolute atomic E-state index is 12.1. The molecule has 0 aliphatic rings. The first kappa shape index (κ1) is 18.6. The van der Waals surface area contributed by atoms with Crippen LogP contribution >= 0.6 is 39.1 Å². The lowest BCUT2D eigenvalue weighted by Crippen LogP contribution is -2.15. The molecule has 11 heteroatoms. The molecule has 4 rings (SSSR count). The molecule has 2 aromatic heterocycles. The quantitative estimate of drug-likeness (QED) is 0.401.